The smallest absolute Gasteiger partial charge is 0.299 e. The first-order chi connectivity index (χ1) is 13.6. The van der Waals surface area contributed by atoms with Crippen molar-refractivity contribution in [2.75, 3.05) is 19.0 Å². The first-order valence-electron chi connectivity index (χ1n) is 9.12. The van der Waals surface area contributed by atoms with Gasteiger partial charge >= 0.3 is 0 Å². The normalized spacial score (nSPS) is 14.4. The van der Waals surface area contributed by atoms with Gasteiger partial charge in [0.15, 0.2) is 5.58 Å². The van der Waals surface area contributed by atoms with Crippen LogP contribution in [0.1, 0.15) is 27.8 Å². The summed E-state index contributed by atoms with van der Waals surface area (Å²) in [5.41, 5.74) is 3.69. The number of oxazole rings is 1. The van der Waals surface area contributed by atoms with Crippen molar-refractivity contribution in [3.8, 4) is 0 Å². The predicted octanol–water partition coefficient (Wildman–Crippen LogP) is 4.06. The Kier molecular flexibility index (Phi) is 3.60. The van der Waals surface area contributed by atoms with Crippen LogP contribution in [0.2, 0.25) is 0 Å². The van der Waals surface area contributed by atoms with Crippen molar-refractivity contribution in [1.29, 1.82) is 0 Å². The zero-order valence-corrected chi connectivity index (χ0v) is 15.6. The van der Waals surface area contributed by atoms with E-state index in [9.17, 15) is 5.11 Å². The molecule has 138 valence electrons. The van der Waals surface area contributed by atoms with E-state index in [1.54, 1.807) is 11.1 Å². The van der Waals surface area contributed by atoms with Crippen LogP contribution in [0.5, 0.6) is 0 Å². The molecule has 4 aromatic rings. The molecule has 0 saturated carbocycles. The lowest BCUT2D eigenvalue weighted by atomic mass is 9.78. The van der Waals surface area contributed by atoms with Crippen molar-refractivity contribution < 1.29 is 9.52 Å². The second-order valence-electron chi connectivity index (χ2n) is 7.12. The van der Waals surface area contributed by atoms with Crippen molar-refractivity contribution in [3.63, 3.8) is 0 Å². The van der Waals surface area contributed by atoms with Crippen LogP contribution < -0.4 is 4.90 Å². The molecule has 5 heteroatoms. The maximum atomic E-state index is 12.3. The van der Waals surface area contributed by atoms with Crippen LogP contribution >= 0.6 is 0 Å². The van der Waals surface area contributed by atoms with Crippen molar-refractivity contribution in [2.24, 2.45) is 0 Å². The number of nitrogens with zero attached hydrogens (tertiary/aromatic N) is 3. The number of anilines is 1. The van der Waals surface area contributed by atoms with E-state index in [0.717, 1.165) is 22.3 Å². The van der Waals surface area contributed by atoms with Gasteiger partial charge in [-0.25, -0.2) is 4.98 Å². The average molecular weight is 369 g/mol. The van der Waals surface area contributed by atoms with Crippen LogP contribution in [0.3, 0.4) is 0 Å². The Labute approximate surface area is 162 Å². The van der Waals surface area contributed by atoms with E-state index in [2.05, 4.69) is 9.97 Å². The van der Waals surface area contributed by atoms with Crippen LogP contribution in [0, 0.1) is 0 Å². The average Bonchev–Trinajstić information content (AvgIpc) is 3.12. The van der Waals surface area contributed by atoms with Crippen LogP contribution in [-0.2, 0) is 5.60 Å². The van der Waals surface area contributed by atoms with Gasteiger partial charge in [0.2, 0.25) is 5.65 Å². The number of hydrogen-bond acceptors (Lipinski definition) is 5. The van der Waals surface area contributed by atoms with Crippen LogP contribution in [0.25, 0.3) is 23.4 Å². The molecule has 1 aliphatic rings. The molecule has 28 heavy (non-hydrogen) atoms. The van der Waals surface area contributed by atoms with Gasteiger partial charge in [-0.3, -0.25) is 0 Å². The van der Waals surface area contributed by atoms with Gasteiger partial charge in [0.05, 0.1) is 0 Å². The summed E-state index contributed by atoms with van der Waals surface area (Å²) in [6.07, 6.45) is 5.74. The summed E-state index contributed by atoms with van der Waals surface area (Å²) in [6, 6.07) is 18.0. The highest BCUT2D eigenvalue weighted by molar-refractivity contribution is 5.83. The molecule has 2 heterocycles. The number of fused-ring (bicyclic) bond motifs is 3. The van der Waals surface area contributed by atoms with Crippen LogP contribution in [-0.4, -0.2) is 29.2 Å². The molecule has 2 aromatic carbocycles. The van der Waals surface area contributed by atoms with E-state index >= 15 is 0 Å². The Hall–Kier alpha value is -3.44. The first-order valence-corrected chi connectivity index (χ1v) is 9.12. The minimum absolute atomic E-state index is 0.451. The molecule has 0 fully saturated rings. The van der Waals surface area contributed by atoms with Crippen LogP contribution in [0.15, 0.2) is 65.2 Å². The second kappa shape index (κ2) is 6.04. The lowest BCUT2D eigenvalue weighted by Crippen LogP contribution is -2.30. The third kappa shape index (κ3) is 2.30. The van der Waals surface area contributed by atoms with Crippen molar-refractivity contribution in [1.82, 2.24) is 9.97 Å². The standard InChI is InChI=1S/C23H19N3O2/c1-26(2)22-25-21-20(28-22)19(13-14-24-21)23(27)17-9-5-3-7-15(17)11-12-16-8-4-6-10-18(16)23/h3-14,27H,1-2H3. The van der Waals surface area contributed by atoms with Gasteiger partial charge < -0.3 is 14.4 Å². The summed E-state index contributed by atoms with van der Waals surface area (Å²) in [7, 11) is 3.72. The Morgan fingerprint density at radius 3 is 2.07 bits per heavy atom. The molecule has 0 saturated heterocycles. The molecule has 5 nitrogen and oxygen atoms in total. The molecule has 0 atom stereocenters. The fourth-order valence-electron chi connectivity index (χ4n) is 3.86. The van der Waals surface area contributed by atoms with Gasteiger partial charge in [-0.15, -0.1) is 0 Å². The van der Waals surface area contributed by atoms with Gasteiger partial charge in [0.1, 0.15) is 5.60 Å². The highest BCUT2D eigenvalue weighted by atomic mass is 16.4. The summed E-state index contributed by atoms with van der Waals surface area (Å²) < 4.78 is 6.02. The molecule has 0 unspecified atom stereocenters. The van der Waals surface area contributed by atoms with E-state index in [0.29, 0.717) is 22.8 Å². The molecule has 0 aliphatic heterocycles. The molecule has 1 aliphatic carbocycles. The molecule has 5 rings (SSSR count). The van der Waals surface area contributed by atoms with Crippen molar-refractivity contribution >= 4 is 29.4 Å². The third-order valence-corrected chi connectivity index (χ3v) is 5.20. The third-order valence-electron chi connectivity index (χ3n) is 5.20. The summed E-state index contributed by atoms with van der Waals surface area (Å²) in [6.45, 7) is 0. The van der Waals surface area contributed by atoms with E-state index < -0.39 is 5.60 Å². The van der Waals surface area contributed by atoms with Gasteiger partial charge in [0, 0.05) is 25.9 Å². The van der Waals surface area contributed by atoms with E-state index in [1.165, 1.54) is 0 Å². The monoisotopic (exact) mass is 369 g/mol. The molecular weight excluding hydrogens is 350 g/mol. The molecule has 1 N–H and O–H groups in total. The highest BCUT2D eigenvalue weighted by Crippen LogP contribution is 2.45. The van der Waals surface area contributed by atoms with Crippen LogP contribution in [0.4, 0.5) is 6.01 Å². The number of rotatable bonds is 2. The lowest BCUT2D eigenvalue weighted by Gasteiger charge is -2.31. The van der Waals surface area contributed by atoms with Crippen molar-refractivity contribution in [3.05, 3.63) is 88.6 Å². The molecule has 0 bridgehead atoms. The van der Waals surface area contributed by atoms with E-state index in [4.69, 9.17) is 4.42 Å². The zero-order valence-electron chi connectivity index (χ0n) is 15.6. The topological polar surface area (TPSA) is 62.4 Å². The molecule has 0 amide bonds. The summed E-state index contributed by atoms with van der Waals surface area (Å²) >= 11 is 0. The van der Waals surface area contributed by atoms with Gasteiger partial charge in [-0.1, -0.05) is 60.7 Å². The summed E-state index contributed by atoms with van der Waals surface area (Å²) in [5, 5.41) is 12.3. The lowest BCUT2D eigenvalue weighted by molar-refractivity contribution is 0.126. The fourth-order valence-corrected chi connectivity index (χ4v) is 3.86. The Morgan fingerprint density at radius 2 is 1.46 bits per heavy atom. The highest BCUT2D eigenvalue weighted by Gasteiger charge is 2.40. The quantitative estimate of drug-likeness (QED) is 0.577. The minimum Gasteiger partial charge on any atom is -0.421 e. The van der Waals surface area contributed by atoms with Gasteiger partial charge in [0.25, 0.3) is 6.01 Å². The first kappa shape index (κ1) is 16.7. The molecular formula is C23H19N3O2. The molecule has 0 spiro atoms. The predicted molar refractivity (Wildman–Crippen MR) is 110 cm³/mol. The summed E-state index contributed by atoms with van der Waals surface area (Å²) in [4.78, 5) is 10.6. The van der Waals surface area contributed by atoms with E-state index in [1.807, 2.05) is 80.8 Å². The van der Waals surface area contributed by atoms with E-state index in [-0.39, 0.29) is 0 Å². The van der Waals surface area contributed by atoms with Crippen molar-refractivity contribution in [2.45, 2.75) is 5.60 Å². The van der Waals surface area contributed by atoms with Gasteiger partial charge in [-0.2, -0.15) is 4.98 Å². The largest absolute Gasteiger partial charge is 0.421 e. The SMILES string of the molecule is CN(C)c1nc2nccc(C3(O)c4ccccc4C=Cc4ccccc43)c2o1. The maximum Gasteiger partial charge on any atom is 0.299 e. The number of pyridine rings is 1. The maximum absolute atomic E-state index is 12.3. The Bertz CT molecular complexity index is 1170. The number of aliphatic hydroxyl groups is 1. The second-order valence-corrected chi connectivity index (χ2v) is 7.12. The Morgan fingerprint density at radius 1 is 0.857 bits per heavy atom. The molecule has 0 radical (unpaired) electrons. The van der Waals surface area contributed by atoms with Gasteiger partial charge in [-0.05, 0) is 28.3 Å². The minimum atomic E-state index is -1.40. The number of benzene rings is 2. The fraction of sp³-hybridized carbons (Fsp3) is 0.130. The zero-order chi connectivity index (χ0) is 19.3. The number of hydrogen-bond donors (Lipinski definition) is 1. The number of aromatic nitrogens is 2. The molecule has 2 aromatic heterocycles. The Balaban J connectivity index is 1.89. The summed E-state index contributed by atoms with van der Waals surface area (Å²) in [5.74, 6) is 0.